The second-order valence-corrected chi connectivity index (χ2v) is 6.66. The Hall–Kier alpha value is -0.620. The lowest BCUT2D eigenvalue weighted by atomic mass is 10.0. The molecule has 1 amide bonds. The van der Waals surface area contributed by atoms with E-state index in [-0.39, 0.29) is 24.6 Å². The summed E-state index contributed by atoms with van der Waals surface area (Å²) in [5.74, 6) is -0.504. The Balaban J connectivity index is 3.90. The molecule has 1 atom stereocenters. The average molecular weight is 251 g/mol. The van der Waals surface area contributed by atoms with Crippen LogP contribution >= 0.6 is 0 Å². The van der Waals surface area contributed by atoms with E-state index in [1.807, 2.05) is 6.92 Å². The maximum absolute atomic E-state index is 11.3. The molecule has 0 saturated heterocycles. The SMILES string of the molecule is CCCC(C)(O)CNC(=O)CCS(C)(=O)=O. The van der Waals surface area contributed by atoms with E-state index in [9.17, 15) is 18.3 Å². The third kappa shape index (κ3) is 8.67. The predicted molar refractivity (Wildman–Crippen MR) is 62.9 cm³/mol. The van der Waals surface area contributed by atoms with Gasteiger partial charge in [0.1, 0.15) is 9.84 Å². The fraction of sp³-hybridized carbons (Fsp3) is 0.900. The van der Waals surface area contributed by atoms with Gasteiger partial charge in [-0.05, 0) is 13.3 Å². The topological polar surface area (TPSA) is 83.5 Å². The molecule has 0 fully saturated rings. The van der Waals surface area contributed by atoms with E-state index < -0.39 is 15.4 Å². The van der Waals surface area contributed by atoms with Gasteiger partial charge in [0.2, 0.25) is 5.91 Å². The highest BCUT2D eigenvalue weighted by molar-refractivity contribution is 7.90. The zero-order valence-electron chi connectivity index (χ0n) is 10.1. The standard InChI is InChI=1S/C10H21NO4S/c1-4-6-10(2,13)8-11-9(12)5-7-16(3,14)15/h13H,4-8H2,1-3H3,(H,11,12). The highest BCUT2D eigenvalue weighted by atomic mass is 32.2. The zero-order chi connectivity index (χ0) is 12.8. The number of carbonyl (C=O) groups is 1. The second-order valence-electron chi connectivity index (χ2n) is 4.40. The first kappa shape index (κ1) is 15.4. The van der Waals surface area contributed by atoms with E-state index in [0.29, 0.717) is 6.42 Å². The van der Waals surface area contributed by atoms with Gasteiger partial charge in [0.05, 0.1) is 11.4 Å². The molecule has 0 aliphatic rings. The molecule has 5 nitrogen and oxygen atoms in total. The molecule has 0 radical (unpaired) electrons. The molecule has 0 aliphatic heterocycles. The second kappa shape index (κ2) is 6.20. The number of nitrogens with one attached hydrogen (secondary N) is 1. The highest BCUT2D eigenvalue weighted by Gasteiger charge is 2.19. The minimum atomic E-state index is -3.11. The maximum atomic E-state index is 11.3. The van der Waals surface area contributed by atoms with Crippen LogP contribution in [0.3, 0.4) is 0 Å². The van der Waals surface area contributed by atoms with Gasteiger partial charge >= 0.3 is 0 Å². The summed E-state index contributed by atoms with van der Waals surface area (Å²) in [6.45, 7) is 3.75. The number of aliphatic hydroxyl groups is 1. The Morgan fingerprint density at radius 1 is 1.44 bits per heavy atom. The number of hydrogen-bond acceptors (Lipinski definition) is 4. The summed E-state index contributed by atoms with van der Waals surface area (Å²) in [5.41, 5.74) is -0.921. The van der Waals surface area contributed by atoms with Crippen LogP contribution in [-0.2, 0) is 14.6 Å². The van der Waals surface area contributed by atoms with Crippen LogP contribution in [0.1, 0.15) is 33.1 Å². The van der Waals surface area contributed by atoms with Crippen LogP contribution in [0.4, 0.5) is 0 Å². The summed E-state index contributed by atoms with van der Waals surface area (Å²) in [7, 11) is -3.11. The lowest BCUT2D eigenvalue weighted by molar-refractivity contribution is -0.121. The summed E-state index contributed by atoms with van der Waals surface area (Å²) in [6.07, 6.45) is 2.46. The van der Waals surface area contributed by atoms with Crippen molar-refractivity contribution in [3.63, 3.8) is 0 Å². The fourth-order valence-corrected chi connectivity index (χ4v) is 1.84. The van der Waals surface area contributed by atoms with E-state index in [4.69, 9.17) is 0 Å². The molecule has 1 unspecified atom stereocenters. The maximum Gasteiger partial charge on any atom is 0.221 e. The Labute approximate surface area is 97.2 Å². The van der Waals surface area contributed by atoms with E-state index in [1.54, 1.807) is 6.92 Å². The first-order chi connectivity index (χ1) is 7.16. The van der Waals surface area contributed by atoms with Crippen molar-refractivity contribution in [2.24, 2.45) is 0 Å². The molecule has 0 saturated carbocycles. The summed E-state index contributed by atoms with van der Waals surface area (Å²) in [4.78, 5) is 11.3. The van der Waals surface area contributed by atoms with Gasteiger partial charge in [-0.1, -0.05) is 13.3 Å². The van der Waals surface area contributed by atoms with Crippen LogP contribution in [0.15, 0.2) is 0 Å². The molecule has 6 heteroatoms. The molecule has 2 N–H and O–H groups in total. The van der Waals surface area contributed by atoms with E-state index in [0.717, 1.165) is 12.7 Å². The normalized spacial score (nSPS) is 15.5. The van der Waals surface area contributed by atoms with Crippen molar-refractivity contribution < 1.29 is 18.3 Å². The van der Waals surface area contributed by atoms with Gasteiger partial charge in [-0.15, -0.1) is 0 Å². The van der Waals surface area contributed by atoms with Gasteiger partial charge in [-0.3, -0.25) is 4.79 Å². The molecule has 0 aliphatic carbocycles. The zero-order valence-corrected chi connectivity index (χ0v) is 10.9. The lowest BCUT2D eigenvalue weighted by Crippen LogP contribution is -2.40. The highest BCUT2D eigenvalue weighted by Crippen LogP contribution is 2.09. The first-order valence-corrected chi connectivity index (χ1v) is 7.39. The minimum absolute atomic E-state index is 0.0545. The number of rotatable bonds is 7. The van der Waals surface area contributed by atoms with Crippen LogP contribution in [-0.4, -0.2) is 43.6 Å². The van der Waals surface area contributed by atoms with E-state index in [2.05, 4.69) is 5.32 Å². The van der Waals surface area contributed by atoms with Crippen molar-refractivity contribution in [1.82, 2.24) is 5.32 Å². The Morgan fingerprint density at radius 2 is 2.00 bits per heavy atom. The van der Waals surface area contributed by atoms with E-state index >= 15 is 0 Å². The smallest absolute Gasteiger partial charge is 0.221 e. The molecule has 0 rings (SSSR count). The number of sulfone groups is 1. The Kier molecular flexibility index (Phi) is 5.96. The van der Waals surface area contributed by atoms with Gasteiger partial charge in [0, 0.05) is 19.2 Å². The van der Waals surface area contributed by atoms with Gasteiger partial charge < -0.3 is 10.4 Å². The molecular formula is C10H21NO4S. The molecule has 0 spiro atoms. The van der Waals surface area contributed by atoms with Crippen LogP contribution in [0.2, 0.25) is 0 Å². The third-order valence-corrected chi connectivity index (χ3v) is 3.10. The molecule has 0 aromatic carbocycles. The molecular weight excluding hydrogens is 230 g/mol. The summed E-state index contributed by atoms with van der Waals surface area (Å²) >= 11 is 0. The minimum Gasteiger partial charge on any atom is -0.388 e. The van der Waals surface area contributed by atoms with Crippen LogP contribution in [0.25, 0.3) is 0 Å². The predicted octanol–water partition coefficient (Wildman–Crippen LogP) is 0.0884. The first-order valence-electron chi connectivity index (χ1n) is 5.33. The quantitative estimate of drug-likeness (QED) is 0.671. The summed E-state index contributed by atoms with van der Waals surface area (Å²) in [6, 6.07) is 0. The lowest BCUT2D eigenvalue weighted by Gasteiger charge is -2.22. The van der Waals surface area contributed by atoms with Crippen molar-refractivity contribution >= 4 is 15.7 Å². The van der Waals surface area contributed by atoms with Crippen LogP contribution in [0.5, 0.6) is 0 Å². The van der Waals surface area contributed by atoms with Gasteiger partial charge in [-0.2, -0.15) is 0 Å². The Bertz CT molecular complexity index is 322. The average Bonchev–Trinajstić information content (AvgIpc) is 2.10. The monoisotopic (exact) mass is 251 g/mol. The van der Waals surface area contributed by atoms with E-state index in [1.165, 1.54) is 0 Å². The van der Waals surface area contributed by atoms with Crippen LogP contribution < -0.4 is 5.32 Å². The number of carbonyl (C=O) groups excluding carboxylic acids is 1. The van der Waals surface area contributed by atoms with Crippen LogP contribution in [0, 0.1) is 0 Å². The van der Waals surface area contributed by atoms with Gasteiger partial charge in [0.25, 0.3) is 0 Å². The van der Waals surface area contributed by atoms with Crippen molar-refractivity contribution in [1.29, 1.82) is 0 Å². The molecule has 0 heterocycles. The molecule has 16 heavy (non-hydrogen) atoms. The molecule has 0 aromatic rings. The number of amides is 1. The van der Waals surface area contributed by atoms with Crippen molar-refractivity contribution in [3.05, 3.63) is 0 Å². The van der Waals surface area contributed by atoms with Crippen molar-refractivity contribution in [3.8, 4) is 0 Å². The third-order valence-electron chi connectivity index (χ3n) is 2.15. The molecule has 0 aromatic heterocycles. The largest absolute Gasteiger partial charge is 0.388 e. The Morgan fingerprint density at radius 3 is 2.44 bits per heavy atom. The van der Waals surface area contributed by atoms with Gasteiger partial charge in [-0.25, -0.2) is 8.42 Å². The van der Waals surface area contributed by atoms with Gasteiger partial charge in [0.15, 0.2) is 0 Å². The number of hydrogen-bond donors (Lipinski definition) is 2. The molecule has 96 valence electrons. The fourth-order valence-electron chi connectivity index (χ4n) is 1.28. The molecule has 0 bridgehead atoms. The van der Waals surface area contributed by atoms with Crippen molar-refractivity contribution in [2.75, 3.05) is 18.6 Å². The van der Waals surface area contributed by atoms with Crippen molar-refractivity contribution in [2.45, 2.75) is 38.7 Å². The summed E-state index contributed by atoms with van der Waals surface area (Å²) in [5, 5.41) is 12.3. The summed E-state index contributed by atoms with van der Waals surface area (Å²) < 4.78 is 21.6.